The van der Waals surface area contributed by atoms with Crippen molar-refractivity contribution >= 4 is 23.2 Å². The van der Waals surface area contributed by atoms with Gasteiger partial charge in [0.1, 0.15) is 11.5 Å². The molecule has 3 rings (SSSR count). The van der Waals surface area contributed by atoms with Gasteiger partial charge in [0.2, 0.25) is 5.91 Å². The van der Waals surface area contributed by atoms with E-state index < -0.39 is 16.8 Å². The van der Waals surface area contributed by atoms with Gasteiger partial charge in [-0.2, -0.15) is 0 Å². The number of benzene rings is 2. The second-order valence-corrected chi connectivity index (χ2v) is 6.77. The zero-order valence-corrected chi connectivity index (χ0v) is 15.9. The summed E-state index contributed by atoms with van der Waals surface area (Å²) in [5.74, 6) is -0.927. The number of piperazine rings is 1. The van der Waals surface area contributed by atoms with Crippen LogP contribution in [0.1, 0.15) is 17.3 Å². The van der Waals surface area contributed by atoms with E-state index in [4.69, 9.17) is 0 Å². The lowest BCUT2D eigenvalue weighted by molar-refractivity contribution is -0.383. The van der Waals surface area contributed by atoms with Crippen LogP contribution < -0.4 is 5.32 Å². The minimum absolute atomic E-state index is 0.152. The van der Waals surface area contributed by atoms with Gasteiger partial charge in [-0.25, -0.2) is 4.39 Å². The number of nitro benzene ring substituents is 1. The van der Waals surface area contributed by atoms with Gasteiger partial charge in [-0.05, 0) is 37.3 Å². The molecule has 8 nitrogen and oxygen atoms in total. The van der Waals surface area contributed by atoms with Crippen molar-refractivity contribution in [3.05, 3.63) is 70.0 Å². The zero-order chi connectivity index (χ0) is 21.0. The number of hydrogen-bond donors (Lipinski definition) is 1. The zero-order valence-electron chi connectivity index (χ0n) is 15.9. The maximum Gasteiger partial charge on any atom is 0.292 e. The van der Waals surface area contributed by atoms with Gasteiger partial charge in [-0.3, -0.25) is 24.6 Å². The second kappa shape index (κ2) is 8.78. The van der Waals surface area contributed by atoms with E-state index >= 15 is 0 Å². The summed E-state index contributed by atoms with van der Waals surface area (Å²) in [6.45, 7) is 3.55. The summed E-state index contributed by atoms with van der Waals surface area (Å²) in [5, 5.41) is 13.7. The molecular weight excluding hydrogens is 379 g/mol. The van der Waals surface area contributed by atoms with Gasteiger partial charge in [0, 0.05) is 37.8 Å². The van der Waals surface area contributed by atoms with Crippen molar-refractivity contribution < 1.29 is 18.9 Å². The Morgan fingerprint density at radius 2 is 1.69 bits per heavy atom. The number of rotatable bonds is 5. The summed E-state index contributed by atoms with van der Waals surface area (Å²) in [6, 6.07) is 10.9. The molecule has 1 aliphatic rings. The van der Waals surface area contributed by atoms with Gasteiger partial charge < -0.3 is 10.2 Å². The van der Waals surface area contributed by atoms with E-state index in [1.54, 1.807) is 17.9 Å². The van der Waals surface area contributed by atoms with Crippen molar-refractivity contribution in [3.63, 3.8) is 0 Å². The van der Waals surface area contributed by atoms with Gasteiger partial charge in [0.05, 0.1) is 11.0 Å². The van der Waals surface area contributed by atoms with E-state index in [9.17, 15) is 24.1 Å². The van der Waals surface area contributed by atoms with E-state index in [0.717, 1.165) is 0 Å². The highest BCUT2D eigenvalue weighted by atomic mass is 19.1. The molecule has 29 heavy (non-hydrogen) atoms. The normalized spacial score (nSPS) is 15.6. The Balaban J connectivity index is 1.57. The number of hydrogen-bond acceptors (Lipinski definition) is 5. The fourth-order valence-electron chi connectivity index (χ4n) is 3.23. The fourth-order valence-corrected chi connectivity index (χ4v) is 3.23. The van der Waals surface area contributed by atoms with Crippen LogP contribution in [0.2, 0.25) is 0 Å². The summed E-state index contributed by atoms with van der Waals surface area (Å²) in [4.78, 5) is 39.2. The van der Waals surface area contributed by atoms with E-state index in [0.29, 0.717) is 31.7 Å². The number of para-hydroxylation sites is 2. The van der Waals surface area contributed by atoms with E-state index in [-0.39, 0.29) is 23.2 Å². The average Bonchev–Trinajstić information content (AvgIpc) is 2.73. The van der Waals surface area contributed by atoms with E-state index in [1.165, 1.54) is 42.5 Å². The number of nitro groups is 1. The maximum absolute atomic E-state index is 13.0. The Hall–Kier alpha value is -3.33. The second-order valence-electron chi connectivity index (χ2n) is 6.77. The molecule has 2 amide bonds. The molecule has 0 saturated carbocycles. The van der Waals surface area contributed by atoms with Crippen LogP contribution in [-0.2, 0) is 4.79 Å². The van der Waals surface area contributed by atoms with Gasteiger partial charge in [-0.1, -0.05) is 12.1 Å². The van der Waals surface area contributed by atoms with Gasteiger partial charge >= 0.3 is 0 Å². The smallest absolute Gasteiger partial charge is 0.292 e. The highest BCUT2D eigenvalue weighted by Gasteiger charge is 2.28. The van der Waals surface area contributed by atoms with Crippen molar-refractivity contribution in [3.8, 4) is 0 Å². The van der Waals surface area contributed by atoms with Gasteiger partial charge in [-0.15, -0.1) is 0 Å². The number of amides is 2. The molecule has 1 N–H and O–H groups in total. The molecule has 0 radical (unpaired) electrons. The van der Waals surface area contributed by atoms with Crippen LogP contribution >= 0.6 is 0 Å². The first kappa shape index (κ1) is 20.4. The fraction of sp³-hybridized carbons (Fsp3) is 0.300. The number of nitrogens with one attached hydrogen (secondary N) is 1. The quantitative estimate of drug-likeness (QED) is 0.615. The molecule has 0 aromatic heterocycles. The molecule has 0 spiro atoms. The van der Waals surface area contributed by atoms with Crippen LogP contribution in [-0.4, -0.2) is 58.8 Å². The first-order chi connectivity index (χ1) is 13.9. The number of carbonyl (C=O) groups excluding carboxylic acids is 2. The monoisotopic (exact) mass is 400 g/mol. The highest BCUT2D eigenvalue weighted by Crippen LogP contribution is 2.23. The molecular formula is C20H21FN4O4. The Bertz CT molecular complexity index is 911. The average molecular weight is 400 g/mol. The minimum Gasteiger partial charge on any atom is -0.336 e. The molecule has 9 heteroatoms. The largest absolute Gasteiger partial charge is 0.336 e. The molecule has 1 unspecified atom stereocenters. The van der Waals surface area contributed by atoms with Crippen molar-refractivity contribution in [1.82, 2.24) is 9.80 Å². The third-order valence-corrected chi connectivity index (χ3v) is 4.98. The van der Waals surface area contributed by atoms with Crippen LogP contribution in [0.5, 0.6) is 0 Å². The van der Waals surface area contributed by atoms with Crippen molar-refractivity contribution in [2.24, 2.45) is 0 Å². The molecule has 0 bridgehead atoms. The summed E-state index contributed by atoms with van der Waals surface area (Å²) >= 11 is 0. The third-order valence-electron chi connectivity index (χ3n) is 4.98. The standard InChI is InChI=1S/C20H21FN4O4/c1-14(19(26)22-17-4-2-3-5-18(17)25(28)29)23-10-12-24(13-11-23)20(27)15-6-8-16(21)9-7-15/h2-9,14H,10-13H2,1H3,(H,22,26). The van der Waals surface area contributed by atoms with Crippen LogP contribution in [0.4, 0.5) is 15.8 Å². The summed E-state index contributed by atoms with van der Waals surface area (Å²) in [6.07, 6.45) is 0. The number of halogens is 1. The van der Waals surface area contributed by atoms with E-state index in [1.807, 2.05) is 4.90 Å². The summed E-state index contributed by atoms with van der Waals surface area (Å²) in [5.41, 5.74) is 0.407. The Kier molecular flexibility index (Phi) is 6.18. The molecule has 1 heterocycles. The molecule has 1 saturated heterocycles. The predicted molar refractivity (Wildman–Crippen MR) is 105 cm³/mol. The lowest BCUT2D eigenvalue weighted by atomic mass is 10.1. The molecule has 2 aromatic rings. The predicted octanol–water partition coefficient (Wildman–Crippen LogP) is 2.52. The van der Waals surface area contributed by atoms with Crippen molar-refractivity contribution in [1.29, 1.82) is 0 Å². The lowest BCUT2D eigenvalue weighted by Gasteiger charge is -2.37. The Morgan fingerprint density at radius 3 is 2.31 bits per heavy atom. The third kappa shape index (κ3) is 4.75. The summed E-state index contributed by atoms with van der Waals surface area (Å²) < 4.78 is 13.0. The number of nitrogens with zero attached hydrogens (tertiary/aromatic N) is 3. The maximum atomic E-state index is 13.0. The van der Waals surface area contributed by atoms with Crippen LogP contribution in [0.25, 0.3) is 0 Å². The highest BCUT2D eigenvalue weighted by molar-refractivity contribution is 5.96. The van der Waals surface area contributed by atoms with Crippen LogP contribution in [0.15, 0.2) is 48.5 Å². The topological polar surface area (TPSA) is 95.8 Å². The Labute approximate surface area is 167 Å². The van der Waals surface area contributed by atoms with Crippen LogP contribution in [0, 0.1) is 15.9 Å². The molecule has 1 fully saturated rings. The molecule has 2 aromatic carbocycles. The lowest BCUT2D eigenvalue weighted by Crippen LogP contribution is -2.54. The molecule has 1 aliphatic heterocycles. The van der Waals surface area contributed by atoms with Crippen LogP contribution in [0.3, 0.4) is 0 Å². The first-order valence-corrected chi connectivity index (χ1v) is 9.20. The summed E-state index contributed by atoms with van der Waals surface area (Å²) in [7, 11) is 0. The number of carbonyl (C=O) groups is 2. The SMILES string of the molecule is CC(C(=O)Nc1ccccc1[N+](=O)[O-])N1CCN(C(=O)c2ccc(F)cc2)CC1. The molecule has 0 aliphatic carbocycles. The van der Waals surface area contributed by atoms with Crippen molar-refractivity contribution in [2.45, 2.75) is 13.0 Å². The minimum atomic E-state index is -0.542. The molecule has 152 valence electrons. The molecule has 1 atom stereocenters. The first-order valence-electron chi connectivity index (χ1n) is 9.20. The van der Waals surface area contributed by atoms with Gasteiger partial charge in [0.25, 0.3) is 11.6 Å². The Morgan fingerprint density at radius 1 is 1.07 bits per heavy atom. The van der Waals surface area contributed by atoms with Gasteiger partial charge in [0.15, 0.2) is 0 Å². The van der Waals surface area contributed by atoms with Crippen molar-refractivity contribution in [2.75, 3.05) is 31.5 Å². The number of anilines is 1. The van der Waals surface area contributed by atoms with E-state index in [2.05, 4.69) is 5.32 Å².